The first-order valence-corrected chi connectivity index (χ1v) is 9.02. The number of hydrogen-bond acceptors (Lipinski definition) is 4. The van der Waals surface area contributed by atoms with Gasteiger partial charge < -0.3 is 4.74 Å². The molecule has 1 aromatic carbocycles. The fourth-order valence-electron chi connectivity index (χ4n) is 2.67. The summed E-state index contributed by atoms with van der Waals surface area (Å²) in [6.07, 6.45) is 0.695. The quantitative estimate of drug-likeness (QED) is 0.831. The van der Waals surface area contributed by atoms with E-state index in [-0.39, 0.29) is 5.25 Å². The zero-order chi connectivity index (χ0) is 15.3. The Morgan fingerprint density at radius 3 is 2.90 bits per heavy atom. The molecule has 1 aromatic rings. The van der Waals surface area contributed by atoms with E-state index < -0.39 is 10.0 Å². The molecular weight excluding hydrogens is 288 g/mol. The second-order valence-corrected chi connectivity index (χ2v) is 7.31. The van der Waals surface area contributed by atoms with E-state index >= 15 is 0 Å². The summed E-state index contributed by atoms with van der Waals surface area (Å²) < 4.78 is 32.1. The molecule has 0 spiro atoms. The topological polar surface area (TPSA) is 58.6 Å². The highest BCUT2D eigenvalue weighted by Gasteiger charge is 2.32. The summed E-state index contributed by atoms with van der Waals surface area (Å²) in [6, 6.07) is 7.99. The molecule has 0 unspecified atom stereocenters. The van der Waals surface area contributed by atoms with Crippen LogP contribution in [0.1, 0.15) is 25.8 Å². The summed E-state index contributed by atoms with van der Waals surface area (Å²) >= 11 is 0. The standard InChI is InChI=1S/C15H24N2O3S/c1-3-16-21(18,19)15-8-9-17(12-15)11-13-6-5-7-14(10-13)20-4-2/h5-7,10,15-16H,3-4,8-9,11-12H2,1-2H3/t15-/m1/s1. The van der Waals surface area contributed by atoms with Gasteiger partial charge in [0.25, 0.3) is 0 Å². The summed E-state index contributed by atoms with van der Waals surface area (Å²) in [4.78, 5) is 2.19. The Morgan fingerprint density at radius 2 is 2.19 bits per heavy atom. The highest BCUT2D eigenvalue weighted by Crippen LogP contribution is 2.20. The van der Waals surface area contributed by atoms with Crippen LogP contribution in [-0.4, -0.2) is 44.8 Å². The van der Waals surface area contributed by atoms with Crippen LogP contribution in [0.5, 0.6) is 5.75 Å². The van der Waals surface area contributed by atoms with Crippen molar-refractivity contribution in [2.24, 2.45) is 0 Å². The van der Waals surface area contributed by atoms with E-state index in [0.717, 1.165) is 24.4 Å². The predicted octanol–water partition coefficient (Wildman–Crippen LogP) is 1.60. The Hall–Kier alpha value is -1.11. The Morgan fingerprint density at radius 1 is 1.38 bits per heavy atom. The van der Waals surface area contributed by atoms with Gasteiger partial charge in [0.05, 0.1) is 11.9 Å². The summed E-state index contributed by atoms with van der Waals surface area (Å²) in [5, 5.41) is -0.299. The van der Waals surface area contributed by atoms with Crippen LogP contribution < -0.4 is 9.46 Å². The third kappa shape index (κ3) is 4.43. The van der Waals surface area contributed by atoms with Crippen LogP contribution >= 0.6 is 0 Å². The van der Waals surface area contributed by atoms with Crippen LogP contribution in [0.25, 0.3) is 0 Å². The minimum absolute atomic E-state index is 0.299. The molecule has 1 aliphatic heterocycles. The second-order valence-electron chi connectivity index (χ2n) is 5.27. The van der Waals surface area contributed by atoms with Crippen molar-refractivity contribution in [1.82, 2.24) is 9.62 Å². The van der Waals surface area contributed by atoms with Crippen molar-refractivity contribution in [2.75, 3.05) is 26.2 Å². The highest BCUT2D eigenvalue weighted by atomic mass is 32.2. The molecule has 5 nitrogen and oxygen atoms in total. The van der Waals surface area contributed by atoms with E-state index in [9.17, 15) is 8.42 Å². The van der Waals surface area contributed by atoms with Crippen molar-refractivity contribution >= 4 is 10.0 Å². The Balaban J connectivity index is 1.95. The lowest BCUT2D eigenvalue weighted by molar-refractivity contribution is 0.325. The molecule has 2 rings (SSSR count). The van der Waals surface area contributed by atoms with Gasteiger partial charge in [0.1, 0.15) is 5.75 Å². The van der Waals surface area contributed by atoms with Crippen LogP contribution in [0.4, 0.5) is 0 Å². The van der Waals surface area contributed by atoms with E-state index in [1.807, 2.05) is 32.0 Å². The first kappa shape index (κ1) is 16.3. The molecule has 1 fully saturated rings. The number of nitrogens with one attached hydrogen (secondary N) is 1. The van der Waals surface area contributed by atoms with Crippen molar-refractivity contribution in [2.45, 2.75) is 32.1 Å². The molecule has 21 heavy (non-hydrogen) atoms. The molecule has 0 aliphatic carbocycles. The van der Waals surface area contributed by atoms with Crippen molar-refractivity contribution < 1.29 is 13.2 Å². The van der Waals surface area contributed by atoms with Gasteiger partial charge in [0.2, 0.25) is 10.0 Å². The van der Waals surface area contributed by atoms with Crippen molar-refractivity contribution in [3.05, 3.63) is 29.8 Å². The fourth-order valence-corrected chi connectivity index (χ4v) is 4.13. The normalized spacial score (nSPS) is 19.8. The predicted molar refractivity (Wildman–Crippen MR) is 83.9 cm³/mol. The smallest absolute Gasteiger partial charge is 0.215 e. The molecule has 1 saturated heterocycles. The number of rotatable bonds is 7. The second kappa shape index (κ2) is 7.24. The van der Waals surface area contributed by atoms with E-state index in [1.165, 1.54) is 0 Å². The van der Waals surface area contributed by atoms with Gasteiger partial charge in [-0.25, -0.2) is 13.1 Å². The Labute approximate surface area is 127 Å². The monoisotopic (exact) mass is 312 g/mol. The van der Waals surface area contributed by atoms with Gasteiger partial charge in [0, 0.05) is 19.6 Å². The van der Waals surface area contributed by atoms with Crippen LogP contribution in [0.15, 0.2) is 24.3 Å². The van der Waals surface area contributed by atoms with Gasteiger partial charge in [-0.05, 0) is 37.6 Å². The lowest BCUT2D eigenvalue weighted by Crippen LogP contribution is -2.36. The minimum atomic E-state index is -3.17. The first-order chi connectivity index (χ1) is 10.0. The number of benzene rings is 1. The lowest BCUT2D eigenvalue weighted by Gasteiger charge is -2.17. The van der Waals surface area contributed by atoms with Crippen LogP contribution in [0.2, 0.25) is 0 Å². The molecule has 0 bridgehead atoms. The zero-order valence-corrected chi connectivity index (χ0v) is 13.5. The van der Waals surface area contributed by atoms with Gasteiger partial charge in [-0.2, -0.15) is 0 Å². The summed E-state index contributed by atoms with van der Waals surface area (Å²) in [5.41, 5.74) is 1.16. The van der Waals surface area contributed by atoms with Gasteiger partial charge >= 0.3 is 0 Å². The molecule has 1 aliphatic rings. The SMILES string of the molecule is CCNS(=O)(=O)[C@@H]1CCN(Cc2cccc(OCC)c2)C1. The molecule has 0 aromatic heterocycles. The Bertz CT molecular complexity index is 560. The average molecular weight is 312 g/mol. The van der Waals surface area contributed by atoms with Gasteiger partial charge in [-0.3, -0.25) is 4.90 Å². The maximum atomic E-state index is 12.0. The van der Waals surface area contributed by atoms with Gasteiger partial charge in [0.15, 0.2) is 0 Å². The van der Waals surface area contributed by atoms with Crippen LogP contribution in [0.3, 0.4) is 0 Å². The fraction of sp³-hybridized carbons (Fsp3) is 0.600. The van der Waals surface area contributed by atoms with E-state index in [1.54, 1.807) is 0 Å². The summed E-state index contributed by atoms with van der Waals surface area (Å²) in [5.74, 6) is 0.867. The van der Waals surface area contributed by atoms with Gasteiger partial charge in [-0.1, -0.05) is 19.1 Å². The molecule has 118 valence electrons. The molecule has 0 radical (unpaired) electrons. The molecule has 1 N–H and O–H groups in total. The minimum Gasteiger partial charge on any atom is -0.494 e. The maximum absolute atomic E-state index is 12.0. The Kier molecular flexibility index (Phi) is 5.61. The van der Waals surface area contributed by atoms with Crippen molar-refractivity contribution in [3.8, 4) is 5.75 Å². The molecule has 1 atom stereocenters. The number of nitrogens with zero attached hydrogens (tertiary/aromatic N) is 1. The molecule has 0 saturated carbocycles. The van der Waals surface area contributed by atoms with E-state index in [0.29, 0.717) is 26.1 Å². The summed E-state index contributed by atoms with van der Waals surface area (Å²) in [7, 11) is -3.17. The molecule has 0 amide bonds. The van der Waals surface area contributed by atoms with Gasteiger partial charge in [-0.15, -0.1) is 0 Å². The first-order valence-electron chi connectivity index (χ1n) is 7.47. The van der Waals surface area contributed by atoms with Crippen molar-refractivity contribution in [3.63, 3.8) is 0 Å². The summed E-state index contributed by atoms with van der Waals surface area (Å²) in [6.45, 7) is 7.04. The number of hydrogen-bond donors (Lipinski definition) is 1. The van der Waals surface area contributed by atoms with E-state index in [2.05, 4.69) is 15.7 Å². The van der Waals surface area contributed by atoms with Crippen LogP contribution in [-0.2, 0) is 16.6 Å². The molecule has 6 heteroatoms. The molecular formula is C15H24N2O3S. The van der Waals surface area contributed by atoms with E-state index in [4.69, 9.17) is 4.74 Å². The molecule has 1 heterocycles. The average Bonchev–Trinajstić information content (AvgIpc) is 2.89. The zero-order valence-electron chi connectivity index (χ0n) is 12.7. The highest BCUT2D eigenvalue weighted by molar-refractivity contribution is 7.90. The number of likely N-dealkylation sites (tertiary alicyclic amines) is 1. The maximum Gasteiger partial charge on any atom is 0.215 e. The third-order valence-corrected chi connectivity index (χ3v) is 5.58. The number of ether oxygens (including phenoxy) is 1. The van der Waals surface area contributed by atoms with Crippen molar-refractivity contribution in [1.29, 1.82) is 0 Å². The third-order valence-electron chi connectivity index (χ3n) is 3.63. The van der Waals surface area contributed by atoms with Crippen LogP contribution in [0, 0.1) is 0 Å². The lowest BCUT2D eigenvalue weighted by atomic mass is 10.2. The number of sulfonamides is 1. The largest absolute Gasteiger partial charge is 0.494 e.